The molecule has 0 saturated carbocycles. The summed E-state index contributed by atoms with van der Waals surface area (Å²) in [7, 11) is 0. The molecule has 1 unspecified atom stereocenters. The summed E-state index contributed by atoms with van der Waals surface area (Å²) in [6, 6.07) is 13.7. The van der Waals surface area contributed by atoms with Crippen LogP contribution in [0.5, 0.6) is 11.5 Å². The molecule has 1 aliphatic heterocycles. The van der Waals surface area contributed by atoms with E-state index in [2.05, 4.69) is 13.8 Å². The maximum Gasteiger partial charge on any atom is 0.303 e. The van der Waals surface area contributed by atoms with Gasteiger partial charge in [-0.2, -0.15) is 0 Å². The Labute approximate surface area is 218 Å². The van der Waals surface area contributed by atoms with Gasteiger partial charge in [-0.3, -0.25) is 4.79 Å². The molecule has 4 rings (SSSR count). The minimum atomic E-state index is -0.799. The van der Waals surface area contributed by atoms with Crippen LogP contribution in [0, 0.1) is 6.92 Å². The van der Waals surface area contributed by atoms with Crippen molar-refractivity contribution in [1.82, 2.24) is 4.98 Å². The summed E-state index contributed by atoms with van der Waals surface area (Å²) in [6.45, 7) is 9.63. The third-order valence-corrected chi connectivity index (χ3v) is 6.61. The van der Waals surface area contributed by atoms with E-state index >= 15 is 0 Å². The van der Waals surface area contributed by atoms with Crippen LogP contribution in [0.15, 0.2) is 46.9 Å². The first-order chi connectivity index (χ1) is 17.8. The fourth-order valence-corrected chi connectivity index (χ4v) is 4.58. The Kier molecular flexibility index (Phi) is 8.87. The van der Waals surface area contributed by atoms with Crippen molar-refractivity contribution in [3.63, 3.8) is 0 Å². The summed E-state index contributed by atoms with van der Waals surface area (Å²) < 4.78 is 24.4. The third kappa shape index (κ3) is 7.13. The molecule has 7 nitrogen and oxygen atoms in total. The topological polar surface area (TPSA) is 91.0 Å². The van der Waals surface area contributed by atoms with E-state index in [-0.39, 0.29) is 24.5 Å². The third-order valence-electron chi connectivity index (χ3n) is 6.61. The van der Waals surface area contributed by atoms with Crippen molar-refractivity contribution in [3.8, 4) is 23.0 Å². The molecular weight excluding hydrogens is 470 g/mol. The summed E-state index contributed by atoms with van der Waals surface area (Å²) in [6.07, 6.45) is 3.28. The Bertz CT molecular complexity index is 1190. The number of ether oxygens (including phenoxy) is 3. The number of hydrogen-bond acceptors (Lipinski definition) is 6. The molecule has 0 aliphatic carbocycles. The van der Waals surface area contributed by atoms with Gasteiger partial charge in [0.2, 0.25) is 5.89 Å². The average molecular weight is 508 g/mol. The van der Waals surface area contributed by atoms with Crippen LogP contribution in [0.3, 0.4) is 0 Å². The number of aryl methyl sites for hydroxylation is 2. The van der Waals surface area contributed by atoms with Crippen molar-refractivity contribution in [1.29, 1.82) is 0 Å². The largest absolute Gasteiger partial charge is 0.490 e. The summed E-state index contributed by atoms with van der Waals surface area (Å²) in [5.74, 6) is 2.11. The standard InChI is InChI=1S/C30H37NO6/c1-19(2)28-29(21(4)35-26-12-10-22(20(3)17-26)11-13-27(32)33)37-30(31-28)23-7-5-8-25(18-23)36-24-9-6-15-34-16-14-24/h5,7-8,10,12,17-19,21,24H,6,9,11,13-16H2,1-4H3,(H,32,33)/t21?,24-/m0/s1. The molecule has 1 N–H and O–H groups in total. The van der Waals surface area contributed by atoms with Gasteiger partial charge in [-0.25, -0.2) is 4.98 Å². The highest BCUT2D eigenvalue weighted by Crippen LogP contribution is 2.34. The van der Waals surface area contributed by atoms with Gasteiger partial charge in [-0.1, -0.05) is 26.0 Å². The fourth-order valence-electron chi connectivity index (χ4n) is 4.58. The van der Waals surface area contributed by atoms with E-state index in [1.807, 2.05) is 56.3 Å². The molecule has 2 atom stereocenters. The smallest absolute Gasteiger partial charge is 0.303 e. The summed E-state index contributed by atoms with van der Waals surface area (Å²) in [5, 5.41) is 8.97. The SMILES string of the molecule is Cc1cc(OC(C)c2oc(-c3cccc(O[C@H]4CCCOCC4)c3)nc2C(C)C)ccc1CCC(=O)O. The molecule has 1 fully saturated rings. The average Bonchev–Trinajstić information content (AvgIpc) is 3.17. The summed E-state index contributed by atoms with van der Waals surface area (Å²) >= 11 is 0. The lowest BCUT2D eigenvalue weighted by Gasteiger charge is -2.16. The molecule has 3 aromatic rings. The van der Waals surface area contributed by atoms with Crippen LogP contribution in [0.1, 0.15) is 81.1 Å². The lowest BCUT2D eigenvalue weighted by atomic mass is 10.0. The molecule has 0 bridgehead atoms. The minimum Gasteiger partial charge on any atom is -0.490 e. The Morgan fingerprint density at radius 1 is 1.11 bits per heavy atom. The summed E-state index contributed by atoms with van der Waals surface area (Å²) in [4.78, 5) is 15.8. The zero-order valence-electron chi connectivity index (χ0n) is 22.2. The lowest BCUT2D eigenvalue weighted by Crippen LogP contribution is -2.16. The Hall–Kier alpha value is -3.32. The number of benzene rings is 2. The number of carboxylic acid groups (broad SMARTS) is 1. The van der Waals surface area contributed by atoms with Crippen LogP contribution >= 0.6 is 0 Å². The Balaban J connectivity index is 1.51. The van der Waals surface area contributed by atoms with Gasteiger partial charge in [0, 0.05) is 25.0 Å². The van der Waals surface area contributed by atoms with Gasteiger partial charge < -0.3 is 23.7 Å². The molecule has 0 spiro atoms. The van der Waals surface area contributed by atoms with Crippen molar-refractivity contribution >= 4 is 5.97 Å². The van der Waals surface area contributed by atoms with E-state index in [1.165, 1.54) is 0 Å². The second-order valence-electron chi connectivity index (χ2n) is 9.98. The van der Waals surface area contributed by atoms with Gasteiger partial charge in [-0.15, -0.1) is 0 Å². The number of aliphatic carboxylic acids is 1. The number of hydrogen-bond donors (Lipinski definition) is 1. The van der Waals surface area contributed by atoms with Gasteiger partial charge in [0.1, 0.15) is 17.6 Å². The predicted molar refractivity (Wildman–Crippen MR) is 141 cm³/mol. The number of carbonyl (C=O) groups is 1. The van der Waals surface area contributed by atoms with Gasteiger partial charge in [0.05, 0.1) is 12.3 Å². The van der Waals surface area contributed by atoms with Crippen molar-refractivity contribution in [2.75, 3.05) is 13.2 Å². The maximum absolute atomic E-state index is 10.9. The molecular formula is C30H37NO6. The van der Waals surface area contributed by atoms with Crippen LogP contribution in [0.25, 0.3) is 11.5 Å². The van der Waals surface area contributed by atoms with E-state index in [1.54, 1.807) is 0 Å². The maximum atomic E-state index is 10.9. The van der Waals surface area contributed by atoms with Gasteiger partial charge in [0.25, 0.3) is 0 Å². The quantitative estimate of drug-likeness (QED) is 0.320. The number of nitrogens with zero attached hydrogens (tertiary/aromatic N) is 1. The number of rotatable bonds is 10. The van der Waals surface area contributed by atoms with Crippen molar-refractivity contribution in [2.45, 2.75) is 77.9 Å². The highest BCUT2D eigenvalue weighted by molar-refractivity contribution is 5.67. The molecule has 198 valence electrons. The van der Waals surface area contributed by atoms with Crippen LogP contribution in [0.4, 0.5) is 0 Å². The Morgan fingerprint density at radius 3 is 2.70 bits per heavy atom. The zero-order valence-corrected chi connectivity index (χ0v) is 22.2. The molecule has 2 heterocycles. The van der Waals surface area contributed by atoms with E-state index < -0.39 is 5.97 Å². The molecule has 1 aromatic heterocycles. The number of carboxylic acids is 1. The van der Waals surface area contributed by atoms with Gasteiger partial charge >= 0.3 is 5.97 Å². The highest BCUT2D eigenvalue weighted by atomic mass is 16.5. The van der Waals surface area contributed by atoms with Crippen molar-refractivity contribution in [3.05, 3.63) is 65.0 Å². The monoisotopic (exact) mass is 507 g/mol. The second-order valence-corrected chi connectivity index (χ2v) is 9.98. The van der Waals surface area contributed by atoms with Crippen LogP contribution in [-0.4, -0.2) is 35.4 Å². The molecule has 37 heavy (non-hydrogen) atoms. The van der Waals surface area contributed by atoms with Gasteiger partial charge in [0.15, 0.2) is 11.9 Å². The van der Waals surface area contributed by atoms with E-state index in [4.69, 9.17) is 28.7 Å². The van der Waals surface area contributed by atoms with E-state index in [9.17, 15) is 4.79 Å². The zero-order chi connectivity index (χ0) is 26.4. The molecule has 1 saturated heterocycles. The fraction of sp³-hybridized carbons (Fsp3) is 0.467. The first-order valence-electron chi connectivity index (χ1n) is 13.1. The van der Waals surface area contributed by atoms with Crippen molar-refractivity contribution in [2.24, 2.45) is 0 Å². The Morgan fingerprint density at radius 2 is 1.95 bits per heavy atom. The predicted octanol–water partition coefficient (Wildman–Crippen LogP) is 6.88. The minimum absolute atomic E-state index is 0.108. The molecule has 7 heteroatoms. The second kappa shape index (κ2) is 12.3. The first kappa shape index (κ1) is 26.7. The van der Waals surface area contributed by atoms with E-state index in [0.29, 0.717) is 23.8 Å². The molecule has 0 amide bonds. The van der Waals surface area contributed by atoms with Crippen LogP contribution in [0.2, 0.25) is 0 Å². The van der Waals surface area contributed by atoms with E-state index in [0.717, 1.165) is 60.6 Å². The summed E-state index contributed by atoms with van der Waals surface area (Å²) in [5.41, 5.74) is 3.74. The van der Waals surface area contributed by atoms with Gasteiger partial charge in [-0.05, 0) is 80.5 Å². The molecule has 1 aliphatic rings. The normalized spacial score (nSPS) is 16.8. The van der Waals surface area contributed by atoms with Crippen LogP contribution < -0.4 is 9.47 Å². The van der Waals surface area contributed by atoms with Crippen LogP contribution in [-0.2, 0) is 16.0 Å². The number of oxazole rings is 1. The lowest BCUT2D eigenvalue weighted by molar-refractivity contribution is -0.136. The van der Waals surface area contributed by atoms with Crippen molar-refractivity contribution < 1.29 is 28.5 Å². The number of aromatic nitrogens is 1. The highest BCUT2D eigenvalue weighted by Gasteiger charge is 2.24. The first-order valence-corrected chi connectivity index (χ1v) is 13.1. The molecule has 0 radical (unpaired) electrons. The molecule has 2 aromatic carbocycles.